The third-order valence-corrected chi connectivity index (χ3v) is 12.2. The molecule has 0 aliphatic heterocycles. The first-order valence-electron chi connectivity index (χ1n) is 22.7. The number of ether oxygens (including phenoxy) is 4. The maximum atomic E-state index is 13.6. The van der Waals surface area contributed by atoms with Crippen molar-refractivity contribution in [1.29, 1.82) is 0 Å². The Morgan fingerprint density at radius 1 is 0.500 bits per heavy atom. The molecule has 9 nitrogen and oxygen atoms in total. The molecular formula is C53H59NO8. The van der Waals surface area contributed by atoms with E-state index in [1.54, 1.807) is 12.1 Å². The number of benzene rings is 4. The summed E-state index contributed by atoms with van der Waals surface area (Å²) in [5, 5.41) is 0.554. The van der Waals surface area contributed by atoms with Crippen LogP contribution in [0.5, 0.6) is 11.5 Å². The molecule has 0 unspecified atom stereocenters. The van der Waals surface area contributed by atoms with Gasteiger partial charge in [-0.2, -0.15) is 0 Å². The largest absolute Gasteiger partial charge is 0.462 e. The van der Waals surface area contributed by atoms with Crippen LogP contribution >= 0.6 is 0 Å². The number of carbonyl (C=O) groups is 4. The Labute approximate surface area is 365 Å². The summed E-state index contributed by atoms with van der Waals surface area (Å²) in [6.07, 6.45) is 10.3. The fourth-order valence-corrected chi connectivity index (χ4v) is 8.63. The zero-order valence-corrected chi connectivity index (χ0v) is 36.2. The molecule has 1 aromatic heterocycles. The number of aryl methyl sites for hydroxylation is 4. The standard InChI is InChI=1S/C53H59NO8/c1-3-8-36-12-16-38(17-13-36)20-34-49(55)59-43-26-22-41(23-27-43)52(57)61-47-32-33-48(51-45(47)30-31-46(54-51)40-10-6-5-7-11-40)62-53(58)42-24-28-44(29-25-42)60-50(56)35-21-39-18-14-37(9-4-2)15-19-39/h5-7,10-19,30-33,41-44H,3-4,8-9,20-29,34-35H2,1-2H3. The fourth-order valence-electron chi connectivity index (χ4n) is 8.63. The van der Waals surface area contributed by atoms with Crippen LogP contribution in [0.4, 0.5) is 0 Å². The molecule has 9 heteroatoms. The van der Waals surface area contributed by atoms with Crippen molar-refractivity contribution in [3.63, 3.8) is 0 Å². The maximum Gasteiger partial charge on any atom is 0.314 e. The van der Waals surface area contributed by atoms with Gasteiger partial charge in [-0.3, -0.25) is 19.2 Å². The normalized spacial score (nSPS) is 18.7. The Balaban J connectivity index is 0.924. The summed E-state index contributed by atoms with van der Waals surface area (Å²) in [5.74, 6) is -1.21. The first kappa shape index (κ1) is 44.2. The predicted octanol–water partition coefficient (Wildman–Crippen LogP) is 11.1. The van der Waals surface area contributed by atoms with Crippen molar-refractivity contribution >= 4 is 34.8 Å². The Morgan fingerprint density at radius 3 is 1.40 bits per heavy atom. The van der Waals surface area contributed by atoms with Gasteiger partial charge in [0.1, 0.15) is 23.5 Å². The SMILES string of the molecule is CCCc1ccc(CCC(=O)OC2CCC(C(=O)Oc3ccc(OC(=O)C4CCC(OC(=O)CCc5ccc(CCC)cc5)CC4)c4nc(-c5ccccc5)ccc34)CC2)cc1. The molecule has 62 heavy (non-hydrogen) atoms. The van der Waals surface area contributed by atoms with Crippen LogP contribution in [0.15, 0.2) is 103 Å². The highest BCUT2D eigenvalue weighted by Crippen LogP contribution is 2.37. The lowest BCUT2D eigenvalue weighted by molar-refractivity contribution is -0.153. The van der Waals surface area contributed by atoms with Crippen LogP contribution in [-0.2, 0) is 54.3 Å². The number of fused-ring (bicyclic) bond motifs is 1. The van der Waals surface area contributed by atoms with Crippen molar-refractivity contribution < 1.29 is 38.1 Å². The molecule has 0 amide bonds. The highest BCUT2D eigenvalue weighted by molar-refractivity contribution is 5.95. The molecule has 7 rings (SSSR count). The van der Waals surface area contributed by atoms with E-state index in [0.717, 1.165) is 42.4 Å². The maximum absolute atomic E-state index is 13.6. The highest BCUT2D eigenvalue weighted by Gasteiger charge is 2.32. The van der Waals surface area contributed by atoms with Crippen molar-refractivity contribution in [3.05, 3.63) is 125 Å². The van der Waals surface area contributed by atoms with Gasteiger partial charge in [0.15, 0.2) is 5.75 Å². The monoisotopic (exact) mass is 837 g/mol. The number of carbonyl (C=O) groups excluding carboxylic acids is 4. The highest BCUT2D eigenvalue weighted by atomic mass is 16.6. The Hall–Kier alpha value is -5.83. The second-order valence-electron chi connectivity index (χ2n) is 16.9. The molecule has 0 N–H and O–H groups in total. The lowest BCUT2D eigenvalue weighted by atomic mass is 9.87. The van der Waals surface area contributed by atoms with Crippen LogP contribution < -0.4 is 9.47 Å². The number of rotatable bonds is 17. The summed E-state index contributed by atoms with van der Waals surface area (Å²) in [6, 6.07) is 33.6. The third-order valence-electron chi connectivity index (χ3n) is 12.2. The fraction of sp³-hybridized carbons (Fsp3) is 0.415. The van der Waals surface area contributed by atoms with E-state index in [9.17, 15) is 19.2 Å². The number of hydrogen-bond donors (Lipinski definition) is 0. The minimum Gasteiger partial charge on any atom is -0.462 e. The van der Waals surface area contributed by atoms with Gasteiger partial charge < -0.3 is 18.9 Å². The van der Waals surface area contributed by atoms with E-state index in [0.29, 0.717) is 99.4 Å². The number of esters is 4. The summed E-state index contributed by atoms with van der Waals surface area (Å²) < 4.78 is 23.7. The lowest BCUT2D eigenvalue weighted by Gasteiger charge is -2.27. The van der Waals surface area contributed by atoms with E-state index in [4.69, 9.17) is 23.9 Å². The zero-order chi connectivity index (χ0) is 43.3. The van der Waals surface area contributed by atoms with Crippen molar-refractivity contribution in [1.82, 2.24) is 4.98 Å². The van der Waals surface area contributed by atoms with Gasteiger partial charge in [0.05, 0.1) is 17.5 Å². The molecule has 0 radical (unpaired) electrons. The van der Waals surface area contributed by atoms with E-state index >= 15 is 0 Å². The molecule has 2 aliphatic rings. The molecule has 324 valence electrons. The molecule has 1 heterocycles. The molecule has 0 saturated heterocycles. The van der Waals surface area contributed by atoms with Crippen molar-refractivity contribution in [2.24, 2.45) is 11.8 Å². The lowest BCUT2D eigenvalue weighted by Crippen LogP contribution is -2.30. The summed E-state index contributed by atoms with van der Waals surface area (Å²) in [5.41, 5.74) is 6.84. The first-order chi connectivity index (χ1) is 30.2. The topological polar surface area (TPSA) is 118 Å². The molecule has 2 saturated carbocycles. The Bertz CT molecular complexity index is 2270. The summed E-state index contributed by atoms with van der Waals surface area (Å²) in [4.78, 5) is 57.5. The second-order valence-corrected chi connectivity index (χ2v) is 16.9. The van der Waals surface area contributed by atoms with E-state index in [1.807, 2.05) is 42.5 Å². The van der Waals surface area contributed by atoms with Crippen molar-refractivity contribution in [3.8, 4) is 22.8 Å². The summed E-state index contributed by atoms with van der Waals surface area (Å²) in [7, 11) is 0. The van der Waals surface area contributed by atoms with Gasteiger partial charge in [0.25, 0.3) is 0 Å². The molecule has 0 atom stereocenters. The molecule has 2 fully saturated rings. The van der Waals surface area contributed by atoms with E-state index in [2.05, 4.69) is 62.4 Å². The summed E-state index contributed by atoms with van der Waals surface area (Å²) in [6.45, 7) is 4.32. The van der Waals surface area contributed by atoms with Crippen LogP contribution in [0.1, 0.15) is 113 Å². The van der Waals surface area contributed by atoms with Gasteiger partial charge in [-0.1, -0.05) is 106 Å². The van der Waals surface area contributed by atoms with Crippen molar-refractivity contribution in [2.45, 2.75) is 129 Å². The van der Waals surface area contributed by atoms with Gasteiger partial charge >= 0.3 is 23.9 Å². The Morgan fingerprint density at radius 2 is 0.935 bits per heavy atom. The Kier molecular flexibility index (Phi) is 15.6. The van der Waals surface area contributed by atoms with Crippen molar-refractivity contribution in [2.75, 3.05) is 0 Å². The van der Waals surface area contributed by atoms with Gasteiger partial charge in [-0.25, -0.2) is 4.98 Å². The third kappa shape index (κ3) is 12.2. The number of hydrogen-bond acceptors (Lipinski definition) is 9. The average molecular weight is 838 g/mol. The van der Waals surface area contributed by atoms with Gasteiger partial charge in [0.2, 0.25) is 0 Å². The van der Waals surface area contributed by atoms with Crippen LogP contribution in [0.25, 0.3) is 22.2 Å². The number of nitrogens with zero attached hydrogens (tertiary/aromatic N) is 1. The molecular weight excluding hydrogens is 779 g/mol. The predicted molar refractivity (Wildman–Crippen MR) is 240 cm³/mol. The van der Waals surface area contributed by atoms with Crippen LogP contribution in [0, 0.1) is 11.8 Å². The van der Waals surface area contributed by atoms with Crippen LogP contribution in [-0.4, -0.2) is 41.1 Å². The molecule has 5 aromatic rings. The molecule has 0 spiro atoms. The molecule has 0 bridgehead atoms. The van der Waals surface area contributed by atoms with Crippen LogP contribution in [0.3, 0.4) is 0 Å². The zero-order valence-electron chi connectivity index (χ0n) is 36.2. The average Bonchev–Trinajstić information content (AvgIpc) is 3.30. The van der Waals surface area contributed by atoms with Crippen LogP contribution in [0.2, 0.25) is 0 Å². The smallest absolute Gasteiger partial charge is 0.314 e. The van der Waals surface area contributed by atoms with Gasteiger partial charge in [-0.05, 0) is 124 Å². The minimum atomic E-state index is -0.363. The van der Waals surface area contributed by atoms with Gasteiger partial charge in [-0.15, -0.1) is 0 Å². The van der Waals surface area contributed by atoms with E-state index < -0.39 is 0 Å². The number of aromatic nitrogens is 1. The van der Waals surface area contributed by atoms with E-state index in [-0.39, 0.29) is 53.7 Å². The van der Waals surface area contributed by atoms with Gasteiger partial charge in [0, 0.05) is 23.8 Å². The minimum absolute atomic E-state index is 0.216. The first-order valence-corrected chi connectivity index (χ1v) is 22.7. The second kappa shape index (κ2) is 21.8. The quantitative estimate of drug-likeness (QED) is 0.0666. The number of pyridine rings is 1. The van der Waals surface area contributed by atoms with E-state index in [1.165, 1.54) is 11.1 Å². The summed E-state index contributed by atoms with van der Waals surface area (Å²) >= 11 is 0. The molecule has 2 aliphatic carbocycles. The molecule has 4 aromatic carbocycles.